The number of imidazole rings is 1. The van der Waals surface area contributed by atoms with Crippen molar-refractivity contribution >= 4 is 46.4 Å². The van der Waals surface area contributed by atoms with Gasteiger partial charge in [-0.3, -0.25) is 0 Å². The van der Waals surface area contributed by atoms with Crippen molar-refractivity contribution in [2.24, 2.45) is 0 Å². The second kappa shape index (κ2) is 17.9. The van der Waals surface area contributed by atoms with Crippen LogP contribution in [0.25, 0.3) is 55.8 Å². The molecule has 12 rings (SSSR count). The summed E-state index contributed by atoms with van der Waals surface area (Å²) in [6.45, 7) is -0.221. The van der Waals surface area contributed by atoms with E-state index < -0.39 is 0 Å². The molecule has 0 fully saturated rings. The third-order valence-corrected chi connectivity index (χ3v) is 13.4. The van der Waals surface area contributed by atoms with Crippen LogP contribution in [0.2, 0.25) is 0 Å². The Balaban J connectivity index is 0.954. The SMILES string of the molecule is [Pt]=[c]1n(-c2[c-]c(Oc3cccc(N4B(c5ccccc5)N(c5ccccc5)c5ccc[c-]c54)n3)ccc2)c2ccccc2n1-c1c(-c2ccccc2)cccc1-c1cccc(-c2ccccc2)c1. The first-order valence-corrected chi connectivity index (χ1v) is 23.7. The monoisotopic (exact) mass is 1050 g/mol. The van der Waals surface area contributed by atoms with E-state index in [4.69, 9.17) is 9.72 Å². The van der Waals surface area contributed by atoms with Crippen LogP contribution in [0.15, 0.2) is 243 Å². The predicted molar refractivity (Wildman–Crippen MR) is 273 cm³/mol. The van der Waals surface area contributed by atoms with E-state index in [-0.39, 0.29) is 6.98 Å². The number of hydrogen-bond acceptors (Lipinski definition) is 4. The Labute approximate surface area is 406 Å². The number of fused-ring (bicyclic) bond motifs is 2. The third-order valence-electron chi connectivity index (χ3n) is 12.4. The zero-order valence-corrected chi connectivity index (χ0v) is 38.9. The molecular formula is C60H40BN5OPt-2. The fourth-order valence-corrected chi connectivity index (χ4v) is 10.5. The van der Waals surface area contributed by atoms with Gasteiger partial charge in [-0.1, -0.05) is 48.5 Å². The Morgan fingerprint density at radius 3 is 1.85 bits per heavy atom. The van der Waals surface area contributed by atoms with Crippen molar-refractivity contribution in [3.05, 3.63) is 259 Å². The van der Waals surface area contributed by atoms with E-state index in [0.717, 1.165) is 76.8 Å². The topological polar surface area (TPSA) is 38.5 Å². The number of anilines is 4. The molecule has 0 spiro atoms. The molecule has 68 heavy (non-hydrogen) atoms. The number of hydrogen-bond donors (Lipinski definition) is 0. The molecule has 3 heterocycles. The molecule has 2 aromatic heterocycles. The summed E-state index contributed by atoms with van der Waals surface area (Å²) in [5, 5.41) is 0. The van der Waals surface area contributed by atoms with E-state index in [9.17, 15) is 0 Å². The van der Waals surface area contributed by atoms with E-state index in [1.165, 1.54) is 11.1 Å². The third kappa shape index (κ3) is 7.47. The number of rotatable bonds is 10. The van der Waals surface area contributed by atoms with E-state index >= 15 is 0 Å². The van der Waals surface area contributed by atoms with Crippen molar-refractivity contribution in [2.75, 3.05) is 9.62 Å². The van der Waals surface area contributed by atoms with Crippen molar-refractivity contribution in [2.45, 2.75) is 0 Å². The summed E-state index contributed by atoms with van der Waals surface area (Å²) in [6, 6.07) is 91.7. The maximum absolute atomic E-state index is 6.69. The maximum atomic E-state index is 6.69. The summed E-state index contributed by atoms with van der Waals surface area (Å²) < 4.78 is 12.3. The van der Waals surface area contributed by atoms with Crippen molar-refractivity contribution in [1.29, 1.82) is 0 Å². The molecule has 0 unspecified atom stereocenters. The number of aromatic nitrogens is 3. The number of nitrogens with zero attached hydrogens (tertiary/aromatic N) is 5. The van der Waals surface area contributed by atoms with Gasteiger partial charge in [0.25, 0.3) is 0 Å². The first kappa shape index (κ1) is 41.2. The van der Waals surface area contributed by atoms with Gasteiger partial charge in [-0.15, -0.1) is 6.07 Å². The zero-order chi connectivity index (χ0) is 45.4. The van der Waals surface area contributed by atoms with Crippen LogP contribution in [-0.4, -0.2) is 21.1 Å². The van der Waals surface area contributed by atoms with Crippen LogP contribution < -0.4 is 19.8 Å². The Morgan fingerprint density at radius 2 is 1.09 bits per heavy atom. The number of benzene rings is 9. The van der Waals surface area contributed by atoms with Gasteiger partial charge in [0.2, 0.25) is 0 Å². The molecule has 0 aliphatic carbocycles. The van der Waals surface area contributed by atoms with Gasteiger partial charge < -0.3 is 0 Å². The summed E-state index contributed by atoms with van der Waals surface area (Å²) in [5.74, 6) is 1.75. The molecule has 11 aromatic rings. The van der Waals surface area contributed by atoms with E-state index in [1.54, 1.807) is 0 Å². The van der Waals surface area contributed by atoms with Gasteiger partial charge in [-0.25, -0.2) is 0 Å². The molecule has 0 saturated heterocycles. The number of para-hydroxylation sites is 5. The van der Waals surface area contributed by atoms with Gasteiger partial charge >= 0.3 is 325 Å². The summed E-state index contributed by atoms with van der Waals surface area (Å²) in [6.07, 6.45) is 0. The molecule has 6 nitrogen and oxygen atoms in total. The van der Waals surface area contributed by atoms with Crippen LogP contribution >= 0.6 is 0 Å². The van der Waals surface area contributed by atoms with Crippen LogP contribution in [-0.2, 0) is 19.4 Å². The first-order chi connectivity index (χ1) is 33.7. The molecule has 0 radical (unpaired) electrons. The summed E-state index contributed by atoms with van der Waals surface area (Å²) in [5.41, 5.74) is 15.1. The van der Waals surface area contributed by atoms with Crippen LogP contribution in [0.4, 0.5) is 22.9 Å². The summed E-state index contributed by atoms with van der Waals surface area (Å²) >= 11 is 2.48. The van der Waals surface area contributed by atoms with Gasteiger partial charge in [0, 0.05) is 5.69 Å². The van der Waals surface area contributed by atoms with Crippen LogP contribution in [0.5, 0.6) is 11.6 Å². The Bertz CT molecular complexity index is 3660. The molecule has 0 saturated carbocycles. The minimum absolute atomic E-state index is 0.221. The molecule has 9 aromatic carbocycles. The van der Waals surface area contributed by atoms with Gasteiger partial charge in [0.05, 0.1) is 0 Å². The van der Waals surface area contributed by atoms with Gasteiger partial charge in [0.1, 0.15) is 0 Å². The predicted octanol–water partition coefficient (Wildman–Crippen LogP) is 14.0. The summed E-state index contributed by atoms with van der Waals surface area (Å²) in [4.78, 5) is 9.79. The number of ether oxygens (including phenoxy) is 1. The molecule has 326 valence electrons. The number of pyridine rings is 1. The standard InChI is InChI=1S/C60H40BN5O.Pt/c1-5-21-44(22-6-1)46-25-17-26-47(41-46)53-34-19-33-52(45-23-7-2-8-24-45)60(53)64-43-63(54-35-13-14-36-55(54)64)50-31-18-32-51(42-50)67-59-40-20-39-58(62-59)66-57-38-16-15-37-56(57)65(49-29-11-4-12-30-49)61(66)48-27-9-3-10-28-48;/h1-37,39-41H;/q-2;. The van der Waals surface area contributed by atoms with Gasteiger partial charge in [0.15, 0.2) is 0 Å². The van der Waals surface area contributed by atoms with Gasteiger partial charge in [-0.05, 0) is 12.1 Å². The van der Waals surface area contributed by atoms with E-state index in [1.807, 2.05) is 48.5 Å². The Morgan fingerprint density at radius 1 is 0.485 bits per heavy atom. The molecule has 0 amide bonds. The fraction of sp³-hybridized carbons (Fsp3) is 0. The van der Waals surface area contributed by atoms with Crippen molar-refractivity contribution in [3.8, 4) is 56.4 Å². The molecule has 1 aliphatic heterocycles. The fourth-order valence-electron chi connectivity index (χ4n) is 9.46. The average Bonchev–Trinajstić information content (AvgIpc) is 3.91. The average molecular weight is 1050 g/mol. The Hall–Kier alpha value is -8.25. The first-order valence-electron chi connectivity index (χ1n) is 22.6. The second-order valence-electron chi connectivity index (χ2n) is 16.5. The molecule has 1 aliphatic rings. The van der Waals surface area contributed by atoms with Crippen LogP contribution in [0.1, 0.15) is 0 Å². The van der Waals surface area contributed by atoms with Crippen molar-refractivity contribution < 1.29 is 24.1 Å². The van der Waals surface area contributed by atoms with Crippen molar-refractivity contribution in [3.63, 3.8) is 0 Å². The summed E-state index contributed by atoms with van der Waals surface area (Å²) in [7, 11) is 0. The quantitative estimate of drug-likeness (QED) is 0.101. The Kier molecular flexibility index (Phi) is 10.8. The van der Waals surface area contributed by atoms with Crippen LogP contribution in [0.3, 0.4) is 0 Å². The second-order valence-corrected chi connectivity index (χ2v) is 17.5. The van der Waals surface area contributed by atoms with Gasteiger partial charge in [-0.2, -0.15) is 12.1 Å². The minimum atomic E-state index is -0.221. The zero-order valence-electron chi connectivity index (χ0n) is 36.6. The molecule has 8 heteroatoms. The molecular weight excluding hydrogens is 1010 g/mol. The van der Waals surface area contributed by atoms with Crippen molar-refractivity contribution in [1.82, 2.24) is 14.1 Å². The van der Waals surface area contributed by atoms with Crippen LogP contribution in [0, 0.1) is 15.9 Å². The molecule has 0 N–H and O–H groups in total. The molecule has 0 atom stereocenters. The normalized spacial score (nSPS) is 12.1. The molecule has 0 bridgehead atoms. The van der Waals surface area contributed by atoms with E-state index in [0.29, 0.717) is 11.6 Å². The van der Waals surface area contributed by atoms with E-state index in [2.05, 4.69) is 244 Å².